The van der Waals surface area contributed by atoms with Crippen LogP contribution in [-0.2, 0) is 4.79 Å². The summed E-state index contributed by atoms with van der Waals surface area (Å²) in [5.41, 5.74) is 6.05. The quantitative estimate of drug-likeness (QED) is 0.650. The molecule has 132 valence electrons. The van der Waals surface area contributed by atoms with Crippen LogP contribution in [0.2, 0.25) is 0 Å². The third-order valence-electron chi connectivity index (χ3n) is 4.41. The number of hydrogen-bond donors (Lipinski definition) is 2. The van der Waals surface area contributed by atoms with E-state index in [9.17, 15) is 4.79 Å². The molecule has 0 fully saturated rings. The highest BCUT2D eigenvalue weighted by Crippen LogP contribution is 2.23. The number of amides is 1. The first-order valence-corrected chi connectivity index (χ1v) is 8.79. The van der Waals surface area contributed by atoms with E-state index in [1.807, 2.05) is 93.6 Å². The Morgan fingerprint density at radius 2 is 1.46 bits per heavy atom. The van der Waals surface area contributed by atoms with Crippen molar-refractivity contribution in [1.29, 1.82) is 0 Å². The molecule has 0 radical (unpaired) electrons. The summed E-state index contributed by atoms with van der Waals surface area (Å²) in [6, 6.07) is 23.4. The van der Waals surface area contributed by atoms with Crippen molar-refractivity contribution in [2.45, 2.75) is 26.8 Å². The van der Waals surface area contributed by atoms with E-state index < -0.39 is 6.04 Å². The van der Waals surface area contributed by atoms with E-state index in [2.05, 4.69) is 10.6 Å². The molecule has 0 saturated carbocycles. The summed E-state index contributed by atoms with van der Waals surface area (Å²) in [4.78, 5) is 13.1. The Bertz CT molecular complexity index is 886. The number of aryl methyl sites for hydroxylation is 3. The van der Waals surface area contributed by atoms with Gasteiger partial charge in [-0.3, -0.25) is 4.79 Å². The molecular weight excluding hydrogens is 320 g/mol. The van der Waals surface area contributed by atoms with Crippen molar-refractivity contribution in [2.24, 2.45) is 0 Å². The van der Waals surface area contributed by atoms with E-state index in [-0.39, 0.29) is 5.91 Å². The molecule has 0 bridgehead atoms. The highest BCUT2D eigenvalue weighted by Gasteiger charge is 2.21. The van der Waals surface area contributed by atoms with E-state index >= 15 is 0 Å². The summed E-state index contributed by atoms with van der Waals surface area (Å²) in [6.45, 7) is 6.07. The molecule has 0 saturated heterocycles. The fraction of sp³-hybridized carbons (Fsp3) is 0.174. The Hall–Kier alpha value is -3.07. The smallest absolute Gasteiger partial charge is 0.251 e. The number of rotatable bonds is 5. The maximum absolute atomic E-state index is 13.1. The Morgan fingerprint density at radius 3 is 2.15 bits per heavy atom. The average molecular weight is 344 g/mol. The zero-order valence-corrected chi connectivity index (χ0v) is 15.4. The molecule has 0 aromatic heterocycles. The van der Waals surface area contributed by atoms with Crippen LogP contribution in [0.3, 0.4) is 0 Å². The predicted octanol–water partition coefficient (Wildman–Crippen LogP) is 5.40. The van der Waals surface area contributed by atoms with E-state index in [1.54, 1.807) is 0 Å². The first-order valence-electron chi connectivity index (χ1n) is 8.79. The Morgan fingerprint density at radius 1 is 0.808 bits per heavy atom. The molecular formula is C23H24N2O. The van der Waals surface area contributed by atoms with Crippen LogP contribution in [0.1, 0.15) is 28.3 Å². The van der Waals surface area contributed by atoms with Gasteiger partial charge < -0.3 is 10.6 Å². The van der Waals surface area contributed by atoms with E-state index in [4.69, 9.17) is 0 Å². The maximum Gasteiger partial charge on any atom is 0.251 e. The topological polar surface area (TPSA) is 41.1 Å². The third kappa shape index (κ3) is 4.31. The van der Waals surface area contributed by atoms with Crippen LogP contribution in [0.15, 0.2) is 72.8 Å². The van der Waals surface area contributed by atoms with Gasteiger partial charge in [0.15, 0.2) is 0 Å². The number of carbonyl (C=O) groups excluding carboxylic acids is 1. The highest BCUT2D eigenvalue weighted by atomic mass is 16.2. The van der Waals surface area contributed by atoms with Crippen LogP contribution in [0.4, 0.5) is 11.4 Å². The predicted molar refractivity (Wildman–Crippen MR) is 109 cm³/mol. The van der Waals surface area contributed by atoms with Crippen LogP contribution >= 0.6 is 0 Å². The second kappa shape index (κ2) is 7.87. The van der Waals surface area contributed by atoms with Crippen LogP contribution < -0.4 is 10.6 Å². The zero-order valence-electron chi connectivity index (χ0n) is 15.4. The van der Waals surface area contributed by atoms with E-state index in [1.165, 1.54) is 5.56 Å². The lowest BCUT2D eigenvalue weighted by molar-refractivity contribution is -0.117. The summed E-state index contributed by atoms with van der Waals surface area (Å²) in [5.74, 6) is -0.0783. The molecule has 1 amide bonds. The van der Waals surface area contributed by atoms with Gasteiger partial charge in [-0.1, -0.05) is 60.2 Å². The van der Waals surface area contributed by atoms with Crippen molar-refractivity contribution >= 4 is 17.3 Å². The monoisotopic (exact) mass is 344 g/mol. The highest BCUT2D eigenvalue weighted by molar-refractivity contribution is 5.97. The molecule has 0 aliphatic heterocycles. The number of anilines is 2. The molecule has 2 N–H and O–H groups in total. The minimum Gasteiger partial charge on any atom is -0.370 e. The molecule has 0 spiro atoms. The Balaban J connectivity index is 1.88. The molecule has 0 aliphatic carbocycles. The molecule has 0 aliphatic rings. The second-order valence-electron chi connectivity index (χ2n) is 6.66. The molecule has 3 aromatic rings. The molecule has 3 rings (SSSR count). The van der Waals surface area contributed by atoms with Crippen molar-refractivity contribution in [3.05, 3.63) is 95.1 Å². The average Bonchev–Trinajstić information content (AvgIpc) is 2.65. The zero-order chi connectivity index (χ0) is 18.5. The molecule has 0 heterocycles. The van der Waals surface area contributed by atoms with Crippen LogP contribution in [-0.4, -0.2) is 5.91 Å². The first kappa shape index (κ1) is 17.7. The summed E-state index contributed by atoms with van der Waals surface area (Å²) < 4.78 is 0. The lowest BCUT2D eigenvalue weighted by atomic mass is 10.0. The van der Waals surface area contributed by atoms with Gasteiger partial charge in [0, 0.05) is 11.4 Å². The van der Waals surface area contributed by atoms with Gasteiger partial charge in [-0.25, -0.2) is 0 Å². The molecule has 3 nitrogen and oxygen atoms in total. The number of hydrogen-bond acceptors (Lipinski definition) is 2. The van der Waals surface area contributed by atoms with Crippen molar-refractivity contribution in [2.75, 3.05) is 10.6 Å². The number of nitrogens with one attached hydrogen (secondary N) is 2. The summed E-state index contributed by atoms with van der Waals surface area (Å²) >= 11 is 0. The Kier molecular flexibility index (Phi) is 5.37. The lowest BCUT2D eigenvalue weighted by Gasteiger charge is -2.21. The van der Waals surface area contributed by atoms with Crippen molar-refractivity contribution in [3.8, 4) is 0 Å². The van der Waals surface area contributed by atoms with E-state index in [0.717, 1.165) is 28.1 Å². The van der Waals surface area contributed by atoms with Crippen molar-refractivity contribution < 1.29 is 4.79 Å². The SMILES string of the molecule is Cc1ccc(N[C@H](C(=O)Nc2cc(C)ccc2C)c2ccccc2)cc1. The molecule has 26 heavy (non-hydrogen) atoms. The van der Waals surface area contributed by atoms with Gasteiger partial charge >= 0.3 is 0 Å². The van der Waals surface area contributed by atoms with Crippen LogP contribution in [0.5, 0.6) is 0 Å². The van der Waals surface area contributed by atoms with Gasteiger partial charge in [-0.2, -0.15) is 0 Å². The number of carbonyl (C=O) groups is 1. The van der Waals surface area contributed by atoms with E-state index in [0.29, 0.717) is 0 Å². The summed E-state index contributed by atoms with van der Waals surface area (Å²) in [7, 11) is 0. The molecule has 1 atom stereocenters. The number of benzene rings is 3. The third-order valence-corrected chi connectivity index (χ3v) is 4.41. The van der Waals surface area contributed by atoms with Gasteiger partial charge in [0.25, 0.3) is 5.91 Å². The largest absolute Gasteiger partial charge is 0.370 e. The molecule has 3 heteroatoms. The van der Waals surface area contributed by atoms with Gasteiger partial charge in [0.1, 0.15) is 6.04 Å². The van der Waals surface area contributed by atoms with Gasteiger partial charge in [-0.05, 0) is 55.7 Å². The van der Waals surface area contributed by atoms with Crippen LogP contribution in [0, 0.1) is 20.8 Å². The lowest BCUT2D eigenvalue weighted by Crippen LogP contribution is -2.27. The fourth-order valence-electron chi connectivity index (χ4n) is 2.84. The maximum atomic E-state index is 13.1. The Labute approximate surface area is 155 Å². The second-order valence-corrected chi connectivity index (χ2v) is 6.66. The van der Waals surface area contributed by atoms with Crippen molar-refractivity contribution in [3.63, 3.8) is 0 Å². The van der Waals surface area contributed by atoms with Gasteiger partial charge in [0.2, 0.25) is 0 Å². The standard InChI is InChI=1S/C23H24N2O/c1-16-10-13-20(14-11-16)24-22(19-7-5-4-6-8-19)23(26)25-21-15-17(2)9-12-18(21)3/h4-15,22,24H,1-3H3,(H,25,26)/t22-/m0/s1. The van der Waals surface area contributed by atoms with Crippen LogP contribution in [0.25, 0.3) is 0 Å². The fourth-order valence-corrected chi connectivity index (χ4v) is 2.84. The van der Waals surface area contributed by atoms with Gasteiger partial charge in [-0.15, -0.1) is 0 Å². The first-order chi connectivity index (χ1) is 12.5. The molecule has 0 unspecified atom stereocenters. The summed E-state index contributed by atoms with van der Waals surface area (Å²) in [5, 5.41) is 6.44. The molecule has 3 aromatic carbocycles. The van der Waals surface area contributed by atoms with Crippen molar-refractivity contribution in [1.82, 2.24) is 0 Å². The normalized spacial score (nSPS) is 11.7. The summed E-state index contributed by atoms with van der Waals surface area (Å²) in [6.07, 6.45) is 0. The van der Waals surface area contributed by atoms with Gasteiger partial charge in [0.05, 0.1) is 0 Å². The minimum atomic E-state index is -0.473. The minimum absolute atomic E-state index is 0.0783.